The minimum Gasteiger partial charge on any atom is -0.396 e. The first-order valence-corrected chi connectivity index (χ1v) is 6.16. The van der Waals surface area contributed by atoms with Crippen molar-refractivity contribution < 1.29 is 13.6 Å². The molecule has 1 amide bonds. The fraction of sp³-hybridized carbons (Fsp3) is 0.133. The quantitative estimate of drug-likeness (QED) is 0.844. The molecule has 0 atom stereocenters. The van der Waals surface area contributed by atoms with Gasteiger partial charge in [-0.15, -0.1) is 0 Å². The van der Waals surface area contributed by atoms with Crippen molar-refractivity contribution >= 4 is 17.3 Å². The molecule has 0 radical (unpaired) electrons. The summed E-state index contributed by atoms with van der Waals surface area (Å²) >= 11 is 0. The molecule has 0 bridgehead atoms. The predicted octanol–water partition coefficient (Wildman–Crippen LogP) is 3.36. The van der Waals surface area contributed by atoms with Crippen molar-refractivity contribution in [1.29, 1.82) is 0 Å². The average molecular weight is 276 g/mol. The van der Waals surface area contributed by atoms with Crippen LogP contribution in [0.3, 0.4) is 0 Å². The number of benzene rings is 2. The maximum atomic E-state index is 13.6. The standard InChI is InChI=1S/C15H14F2N2O/c1-2-9-5-3-4-6-10(9)15(20)19-14-8-13(18)11(16)7-12(14)17/h3-8H,2,18H2,1H3,(H,19,20). The van der Waals surface area contributed by atoms with Gasteiger partial charge in [-0.3, -0.25) is 4.79 Å². The molecule has 2 aromatic carbocycles. The molecule has 0 aliphatic rings. The second-order valence-electron chi connectivity index (χ2n) is 4.32. The number of halogens is 2. The Kier molecular flexibility index (Phi) is 3.98. The van der Waals surface area contributed by atoms with Crippen LogP contribution in [-0.2, 0) is 6.42 Å². The minimum atomic E-state index is -0.862. The molecular formula is C15H14F2N2O. The lowest BCUT2D eigenvalue weighted by Crippen LogP contribution is -2.15. The van der Waals surface area contributed by atoms with Gasteiger partial charge in [-0.1, -0.05) is 25.1 Å². The summed E-state index contributed by atoms with van der Waals surface area (Å²) in [6.45, 7) is 1.92. The maximum absolute atomic E-state index is 13.6. The van der Waals surface area contributed by atoms with Gasteiger partial charge >= 0.3 is 0 Å². The Morgan fingerprint density at radius 3 is 2.60 bits per heavy atom. The van der Waals surface area contributed by atoms with Crippen LogP contribution < -0.4 is 11.1 Å². The molecule has 0 spiro atoms. The highest BCUT2D eigenvalue weighted by Gasteiger charge is 2.14. The van der Waals surface area contributed by atoms with Crippen molar-refractivity contribution in [2.45, 2.75) is 13.3 Å². The molecule has 0 saturated heterocycles. The fourth-order valence-electron chi connectivity index (χ4n) is 1.90. The summed E-state index contributed by atoms with van der Waals surface area (Å²) in [5, 5.41) is 2.41. The molecule has 0 saturated carbocycles. The van der Waals surface area contributed by atoms with Gasteiger partial charge in [0.05, 0.1) is 11.4 Å². The maximum Gasteiger partial charge on any atom is 0.256 e. The summed E-state index contributed by atoms with van der Waals surface area (Å²) in [7, 11) is 0. The number of nitrogen functional groups attached to an aromatic ring is 1. The van der Waals surface area contributed by atoms with Gasteiger partial charge < -0.3 is 11.1 Å². The molecule has 2 rings (SSSR count). The molecule has 0 unspecified atom stereocenters. The topological polar surface area (TPSA) is 55.1 Å². The molecular weight excluding hydrogens is 262 g/mol. The lowest BCUT2D eigenvalue weighted by Gasteiger charge is -2.10. The molecule has 3 nitrogen and oxygen atoms in total. The zero-order valence-electron chi connectivity index (χ0n) is 10.9. The summed E-state index contributed by atoms with van der Waals surface area (Å²) in [5.41, 5.74) is 6.31. The third kappa shape index (κ3) is 2.77. The lowest BCUT2D eigenvalue weighted by molar-refractivity contribution is 0.102. The van der Waals surface area contributed by atoms with Crippen LogP contribution in [0.25, 0.3) is 0 Å². The van der Waals surface area contributed by atoms with Gasteiger partial charge in [0.1, 0.15) is 11.6 Å². The molecule has 104 valence electrons. The first-order chi connectivity index (χ1) is 9.52. The monoisotopic (exact) mass is 276 g/mol. The largest absolute Gasteiger partial charge is 0.396 e. The van der Waals surface area contributed by atoms with Crippen LogP contribution in [0.15, 0.2) is 36.4 Å². The number of hydrogen-bond donors (Lipinski definition) is 2. The van der Waals surface area contributed by atoms with Crippen LogP contribution in [0, 0.1) is 11.6 Å². The normalized spacial score (nSPS) is 10.3. The van der Waals surface area contributed by atoms with E-state index >= 15 is 0 Å². The Labute approximate surface area is 115 Å². The number of anilines is 2. The second kappa shape index (κ2) is 5.69. The van der Waals surface area contributed by atoms with E-state index in [1.807, 2.05) is 19.1 Å². The van der Waals surface area contributed by atoms with Crippen LogP contribution in [0.2, 0.25) is 0 Å². The van der Waals surface area contributed by atoms with Crippen molar-refractivity contribution in [2.24, 2.45) is 0 Å². The van der Waals surface area contributed by atoms with E-state index in [4.69, 9.17) is 5.73 Å². The van der Waals surface area contributed by atoms with Crippen LogP contribution in [0.4, 0.5) is 20.2 Å². The summed E-state index contributed by atoms with van der Waals surface area (Å²) in [6.07, 6.45) is 0.678. The highest BCUT2D eigenvalue weighted by atomic mass is 19.1. The van der Waals surface area contributed by atoms with Gasteiger partial charge in [-0.05, 0) is 24.1 Å². The first kappa shape index (κ1) is 14.0. The van der Waals surface area contributed by atoms with Gasteiger partial charge in [0.2, 0.25) is 0 Å². The minimum absolute atomic E-state index is 0.139. The smallest absolute Gasteiger partial charge is 0.256 e. The molecule has 5 heteroatoms. The Morgan fingerprint density at radius 1 is 1.20 bits per heavy atom. The molecule has 3 N–H and O–H groups in total. The van der Waals surface area contributed by atoms with Gasteiger partial charge in [-0.2, -0.15) is 0 Å². The Hall–Kier alpha value is -2.43. The number of hydrogen-bond acceptors (Lipinski definition) is 2. The molecule has 0 aliphatic heterocycles. The molecule has 0 aromatic heterocycles. The summed E-state index contributed by atoms with van der Waals surface area (Å²) in [5.74, 6) is -2.17. The molecule has 0 heterocycles. The van der Waals surface area contributed by atoms with E-state index in [9.17, 15) is 13.6 Å². The van der Waals surface area contributed by atoms with Crippen LogP contribution >= 0.6 is 0 Å². The van der Waals surface area contributed by atoms with Crippen molar-refractivity contribution in [1.82, 2.24) is 0 Å². The SMILES string of the molecule is CCc1ccccc1C(=O)Nc1cc(N)c(F)cc1F. The number of carbonyl (C=O) groups is 1. The number of nitrogens with one attached hydrogen (secondary N) is 1. The zero-order valence-corrected chi connectivity index (χ0v) is 10.9. The van der Waals surface area contributed by atoms with Crippen LogP contribution in [-0.4, -0.2) is 5.91 Å². The Balaban J connectivity index is 2.30. The fourth-order valence-corrected chi connectivity index (χ4v) is 1.90. The predicted molar refractivity (Wildman–Crippen MR) is 74.5 cm³/mol. The van der Waals surface area contributed by atoms with Crippen molar-refractivity contribution in [3.63, 3.8) is 0 Å². The van der Waals surface area contributed by atoms with Crippen molar-refractivity contribution in [3.05, 3.63) is 59.2 Å². The summed E-state index contributed by atoms with van der Waals surface area (Å²) < 4.78 is 26.6. The van der Waals surface area contributed by atoms with Crippen LogP contribution in [0.1, 0.15) is 22.8 Å². The van der Waals surface area contributed by atoms with Crippen molar-refractivity contribution in [2.75, 3.05) is 11.1 Å². The van der Waals surface area contributed by atoms with E-state index in [0.717, 1.165) is 11.6 Å². The number of nitrogens with two attached hydrogens (primary N) is 1. The second-order valence-corrected chi connectivity index (χ2v) is 4.32. The van der Waals surface area contributed by atoms with Gasteiger partial charge in [0.15, 0.2) is 0 Å². The molecule has 2 aromatic rings. The third-order valence-electron chi connectivity index (χ3n) is 2.98. The zero-order chi connectivity index (χ0) is 14.7. The van der Waals surface area contributed by atoms with E-state index < -0.39 is 17.5 Å². The van der Waals surface area contributed by atoms with E-state index in [0.29, 0.717) is 18.1 Å². The highest BCUT2D eigenvalue weighted by Crippen LogP contribution is 2.22. The molecule has 0 aliphatic carbocycles. The van der Waals surface area contributed by atoms with Gasteiger partial charge in [-0.25, -0.2) is 8.78 Å². The molecule has 0 fully saturated rings. The highest BCUT2D eigenvalue weighted by molar-refractivity contribution is 6.05. The number of rotatable bonds is 3. The molecule has 20 heavy (non-hydrogen) atoms. The third-order valence-corrected chi connectivity index (χ3v) is 2.98. The van der Waals surface area contributed by atoms with E-state index in [1.54, 1.807) is 12.1 Å². The number of amides is 1. The average Bonchev–Trinajstić information content (AvgIpc) is 2.44. The van der Waals surface area contributed by atoms with E-state index in [1.165, 1.54) is 0 Å². The summed E-state index contributed by atoms with van der Waals surface area (Å²) in [6, 6.07) is 8.74. The van der Waals surface area contributed by atoms with Gasteiger partial charge in [0.25, 0.3) is 5.91 Å². The number of carbonyl (C=O) groups excluding carboxylic acids is 1. The Morgan fingerprint density at radius 2 is 1.90 bits per heavy atom. The van der Waals surface area contributed by atoms with Crippen LogP contribution in [0.5, 0.6) is 0 Å². The van der Waals surface area contributed by atoms with E-state index in [2.05, 4.69) is 5.32 Å². The first-order valence-electron chi connectivity index (χ1n) is 6.16. The van der Waals surface area contributed by atoms with E-state index in [-0.39, 0.29) is 11.4 Å². The van der Waals surface area contributed by atoms with Crippen molar-refractivity contribution in [3.8, 4) is 0 Å². The van der Waals surface area contributed by atoms with Gasteiger partial charge in [0, 0.05) is 11.6 Å². The Bertz CT molecular complexity index is 656. The summed E-state index contributed by atoms with van der Waals surface area (Å²) in [4.78, 5) is 12.1. The number of aryl methyl sites for hydroxylation is 1. The lowest BCUT2D eigenvalue weighted by atomic mass is 10.0.